The van der Waals surface area contributed by atoms with E-state index in [-0.39, 0.29) is 6.54 Å². The van der Waals surface area contributed by atoms with Gasteiger partial charge in [0.15, 0.2) is 0 Å². The maximum absolute atomic E-state index is 12.0. The fourth-order valence-electron chi connectivity index (χ4n) is 2.06. The Hall–Kier alpha value is -1.67. The predicted molar refractivity (Wildman–Crippen MR) is 81.8 cm³/mol. The van der Waals surface area contributed by atoms with Gasteiger partial charge in [0, 0.05) is 17.1 Å². The first-order chi connectivity index (χ1) is 10.1. The quantitative estimate of drug-likeness (QED) is 0.821. The highest BCUT2D eigenvalue weighted by molar-refractivity contribution is 8.19. The smallest absolute Gasteiger partial charge is 0.275 e. The lowest BCUT2D eigenvalue weighted by molar-refractivity contribution is -0.118. The van der Waals surface area contributed by atoms with Crippen LogP contribution in [0.15, 0.2) is 24.3 Å². The van der Waals surface area contributed by atoms with Crippen LogP contribution < -0.4 is 10.7 Å². The van der Waals surface area contributed by atoms with E-state index in [1.165, 1.54) is 5.56 Å². The highest BCUT2D eigenvalue weighted by atomic mass is 32.2. The van der Waals surface area contributed by atoms with Crippen molar-refractivity contribution in [3.8, 4) is 0 Å². The number of nitrogens with one attached hydrogen (secondary N) is 2. The molecule has 2 heterocycles. The van der Waals surface area contributed by atoms with E-state index in [1.807, 2.05) is 35.7 Å². The average molecular weight is 323 g/mol. The largest absolute Gasteiger partial charge is 0.343 e. The van der Waals surface area contributed by atoms with E-state index in [2.05, 4.69) is 10.7 Å². The van der Waals surface area contributed by atoms with Crippen molar-refractivity contribution in [1.29, 1.82) is 0 Å². The van der Waals surface area contributed by atoms with Crippen molar-refractivity contribution in [3.63, 3.8) is 0 Å². The second kappa shape index (κ2) is 5.98. The molecule has 2 aliphatic rings. The Morgan fingerprint density at radius 3 is 2.43 bits per heavy atom. The van der Waals surface area contributed by atoms with E-state index >= 15 is 0 Å². The van der Waals surface area contributed by atoms with Gasteiger partial charge < -0.3 is 0 Å². The van der Waals surface area contributed by atoms with Crippen LogP contribution in [0.1, 0.15) is 20.5 Å². The Morgan fingerprint density at radius 1 is 1.19 bits per heavy atom. The number of nitrogens with zero attached hydrogens (tertiary/aromatic N) is 1. The third-order valence-electron chi connectivity index (χ3n) is 3.10. The molecule has 0 aromatic heterocycles. The standard InChI is InChI=1S/C13H13N3O3S2/c17-10-7-16(13(19)14-10)15-11(18)8-1-3-9(4-2-8)12-20-5-6-21-12/h1-4,12H,5-7H2,(H,15,18)(H,14,17,19). The summed E-state index contributed by atoms with van der Waals surface area (Å²) in [6.45, 7) is -0.155. The minimum absolute atomic E-state index is 0.155. The van der Waals surface area contributed by atoms with Crippen LogP contribution in [0.5, 0.6) is 0 Å². The molecule has 6 nitrogen and oxygen atoms in total. The molecule has 0 radical (unpaired) electrons. The number of carbonyl (C=O) groups is 3. The van der Waals surface area contributed by atoms with Gasteiger partial charge in [0.1, 0.15) is 6.54 Å². The molecule has 4 amide bonds. The first kappa shape index (κ1) is 14.3. The maximum atomic E-state index is 12.0. The van der Waals surface area contributed by atoms with Gasteiger partial charge in [-0.1, -0.05) is 12.1 Å². The highest BCUT2D eigenvalue weighted by Crippen LogP contribution is 2.45. The van der Waals surface area contributed by atoms with Gasteiger partial charge in [-0.25, -0.2) is 9.80 Å². The van der Waals surface area contributed by atoms with Crippen molar-refractivity contribution in [1.82, 2.24) is 15.8 Å². The van der Waals surface area contributed by atoms with E-state index in [0.717, 1.165) is 16.5 Å². The summed E-state index contributed by atoms with van der Waals surface area (Å²) in [4.78, 5) is 34.4. The summed E-state index contributed by atoms with van der Waals surface area (Å²) in [6.07, 6.45) is 0. The summed E-state index contributed by atoms with van der Waals surface area (Å²) in [5, 5.41) is 3.07. The zero-order valence-corrected chi connectivity index (χ0v) is 12.6. The van der Waals surface area contributed by atoms with Crippen molar-refractivity contribution in [2.24, 2.45) is 0 Å². The summed E-state index contributed by atoms with van der Waals surface area (Å²) in [7, 11) is 0. The third-order valence-corrected chi connectivity index (χ3v) is 6.20. The fourth-order valence-corrected chi connectivity index (χ4v) is 4.92. The number of carbonyl (C=O) groups excluding carboxylic acids is 3. The third kappa shape index (κ3) is 3.16. The van der Waals surface area contributed by atoms with Gasteiger partial charge in [-0.3, -0.25) is 20.3 Å². The van der Waals surface area contributed by atoms with Crippen LogP contribution in [-0.4, -0.2) is 40.9 Å². The van der Waals surface area contributed by atoms with Crippen molar-refractivity contribution in [2.45, 2.75) is 4.58 Å². The summed E-state index contributed by atoms with van der Waals surface area (Å²) in [5.41, 5.74) is 4.06. The monoisotopic (exact) mass is 323 g/mol. The molecule has 0 saturated carbocycles. The lowest BCUT2D eigenvalue weighted by Gasteiger charge is -2.15. The Labute approximate surface area is 130 Å². The number of imide groups is 1. The molecular formula is C13H13N3O3S2. The zero-order chi connectivity index (χ0) is 14.8. The van der Waals surface area contributed by atoms with Crippen molar-refractivity contribution >= 4 is 41.4 Å². The van der Waals surface area contributed by atoms with E-state index in [1.54, 1.807) is 12.1 Å². The summed E-state index contributed by atoms with van der Waals surface area (Å²) in [5.74, 6) is 1.47. The topological polar surface area (TPSA) is 78.5 Å². The Morgan fingerprint density at radius 2 is 1.86 bits per heavy atom. The molecule has 3 rings (SSSR count). The number of hydrogen-bond acceptors (Lipinski definition) is 5. The van der Waals surface area contributed by atoms with E-state index in [9.17, 15) is 14.4 Å². The van der Waals surface area contributed by atoms with E-state index in [4.69, 9.17) is 0 Å². The van der Waals surface area contributed by atoms with Crippen LogP contribution in [0.3, 0.4) is 0 Å². The van der Waals surface area contributed by atoms with Crippen LogP contribution in [0.25, 0.3) is 0 Å². The number of amides is 4. The number of thioether (sulfide) groups is 2. The van der Waals surface area contributed by atoms with Crippen LogP contribution in [0, 0.1) is 0 Å². The van der Waals surface area contributed by atoms with Gasteiger partial charge in [0.25, 0.3) is 5.91 Å². The molecular weight excluding hydrogens is 310 g/mol. The maximum Gasteiger partial charge on any atom is 0.343 e. The van der Waals surface area contributed by atoms with Crippen molar-refractivity contribution in [3.05, 3.63) is 35.4 Å². The minimum atomic E-state index is -0.608. The van der Waals surface area contributed by atoms with Gasteiger partial charge >= 0.3 is 6.03 Å². The molecule has 2 saturated heterocycles. The number of urea groups is 1. The molecule has 1 aromatic carbocycles. The molecule has 110 valence electrons. The fraction of sp³-hybridized carbons (Fsp3) is 0.308. The minimum Gasteiger partial charge on any atom is -0.275 e. The molecule has 1 aromatic rings. The zero-order valence-electron chi connectivity index (χ0n) is 11.0. The normalized spacial score (nSPS) is 19.0. The molecule has 2 N–H and O–H groups in total. The molecule has 0 unspecified atom stereocenters. The number of benzene rings is 1. The Bertz CT molecular complexity index is 585. The van der Waals surface area contributed by atoms with E-state index < -0.39 is 17.8 Å². The molecule has 0 spiro atoms. The van der Waals surface area contributed by atoms with Crippen LogP contribution in [0.4, 0.5) is 4.79 Å². The second-order valence-corrected chi connectivity index (χ2v) is 7.30. The number of hydrogen-bond donors (Lipinski definition) is 2. The summed E-state index contributed by atoms with van der Waals surface area (Å²) >= 11 is 3.80. The molecule has 0 bridgehead atoms. The summed E-state index contributed by atoms with van der Waals surface area (Å²) < 4.78 is 0.434. The first-order valence-corrected chi connectivity index (χ1v) is 8.49. The SMILES string of the molecule is O=C1CN(NC(=O)c2ccc(C3SCCS3)cc2)C(=O)N1. The second-order valence-electron chi connectivity index (χ2n) is 4.58. The molecule has 21 heavy (non-hydrogen) atoms. The molecule has 2 aliphatic heterocycles. The molecule has 8 heteroatoms. The Balaban J connectivity index is 1.64. The lowest BCUT2D eigenvalue weighted by atomic mass is 10.1. The van der Waals surface area contributed by atoms with E-state index in [0.29, 0.717) is 10.1 Å². The van der Waals surface area contributed by atoms with Gasteiger partial charge in [0.05, 0.1) is 4.58 Å². The molecule has 2 fully saturated rings. The average Bonchev–Trinajstić information content (AvgIpc) is 3.10. The number of rotatable bonds is 3. The van der Waals surface area contributed by atoms with Crippen molar-refractivity contribution < 1.29 is 14.4 Å². The van der Waals surface area contributed by atoms with Crippen LogP contribution in [0.2, 0.25) is 0 Å². The lowest BCUT2D eigenvalue weighted by Crippen LogP contribution is -2.44. The van der Waals surface area contributed by atoms with Gasteiger partial charge in [-0.05, 0) is 17.7 Å². The summed E-state index contributed by atoms with van der Waals surface area (Å²) in [6, 6.07) is 6.73. The predicted octanol–water partition coefficient (Wildman–Crippen LogP) is 1.36. The van der Waals surface area contributed by atoms with Crippen LogP contribution >= 0.6 is 23.5 Å². The highest BCUT2D eigenvalue weighted by Gasteiger charge is 2.28. The molecule has 0 aliphatic carbocycles. The first-order valence-electron chi connectivity index (χ1n) is 6.39. The molecule has 0 atom stereocenters. The number of hydrazine groups is 1. The van der Waals surface area contributed by atoms with Gasteiger partial charge in [-0.2, -0.15) is 0 Å². The van der Waals surface area contributed by atoms with Crippen LogP contribution in [-0.2, 0) is 4.79 Å². The van der Waals surface area contributed by atoms with Crippen molar-refractivity contribution in [2.75, 3.05) is 18.1 Å². The Kier molecular flexibility index (Phi) is 4.07. The van der Waals surface area contributed by atoms with Gasteiger partial charge in [0.2, 0.25) is 5.91 Å². The van der Waals surface area contributed by atoms with Gasteiger partial charge in [-0.15, -0.1) is 23.5 Å².